The second-order valence-electron chi connectivity index (χ2n) is 5.87. The van der Waals surface area contributed by atoms with Crippen molar-refractivity contribution in [3.8, 4) is 0 Å². The maximum atomic E-state index is 12.8. The molecule has 0 saturated carbocycles. The third kappa shape index (κ3) is 6.17. The van der Waals surface area contributed by atoms with Crippen molar-refractivity contribution in [2.75, 3.05) is 19.6 Å². The van der Waals surface area contributed by atoms with Gasteiger partial charge in [-0.3, -0.25) is 0 Å². The summed E-state index contributed by atoms with van der Waals surface area (Å²) in [4.78, 5) is 0. The summed E-state index contributed by atoms with van der Waals surface area (Å²) < 4.78 is 39.4. The van der Waals surface area contributed by atoms with E-state index in [1.807, 2.05) is 6.07 Å². The number of rotatable bonds is 8. The van der Waals surface area contributed by atoms with Crippen molar-refractivity contribution < 1.29 is 30.1 Å². The number of quaternary nitrogens is 1. The molecule has 1 aromatic carbocycles. The van der Waals surface area contributed by atoms with Crippen LogP contribution in [-0.2, 0) is 12.7 Å². The van der Waals surface area contributed by atoms with Gasteiger partial charge in [0, 0.05) is 5.56 Å². The van der Waals surface area contributed by atoms with E-state index >= 15 is 0 Å². The predicted molar refractivity (Wildman–Crippen MR) is 80.9 cm³/mol. The molecule has 0 unspecified atom stereocenters. The molecule has 1 nitrogen and oxygen atoms in total. The van der Waals surface area contributed by atoms with Crippen molar-refractivity contribution >= 4 is 0 Å². The first-order valence-electron chi connectivity index (χ1n) is 7.88. The Morgan fingerprint density at radius 1 is 0.909 bits per heavy atom. The van der Waals surface area contributed by atoms with Gasteiger partial charge in [-0.1, -0.05) is 32.9 Å². The molecule has 0 aromatic heterocycles. The van der Waals surface area contributed by atoms with Crippen LogP contribution in [-0.4, -0.2) is 24.1 Å². The van der Waals surface area contributed by atoms with Crippen molar-refractivity contribution in [2.45, 2.75) is 52.8 Å². The van der Waals surface area contributed by atoms with Gasteiger partial charge >= 0.3 is 6.18 Å². The first-order chi connectivity index (χ1) is 9.87. The Kier molecular flexibility index (Phi) is 9.09. The molecule has 0 bridgehead atoms. The molecule has 0 spiro atoms. The van der Waals surface area contributed by atoms with Crippen LogP contribution in [0.1, 0.15) is 51.2 Å². The topological polar surface area (TPSA) is 0 Å². The van der Waals surface area contributed by atoms with Gasteiger partial charge in [0.25, 0.3) is 0 Å². The average Bonchev–Trinajstić information content (AvgIpc) is 2.39. The molecule has 22 heavy (non-hydrogen) atoms. The van der Waals surface area contributed by atoms with Crippen LogP contribution < -0.4 is 12.4 Å². The van der Waals surface area contributed by atoms with Gasteiger partial charge in [-0.2, -0.15) is 13.2 Å². The molecule has 0 N–H and O–H groups in total. The summed E-state index contributed by atoms with van der Waals surface area (Å²) in [6.07, 6.45) is -1.09. The zero-order valence-corrected chi connectivity index (χ0v) is 14.5. The Labute approximate surface area is 138 Å². The van der Waals surface area contributed by atoms with E-state index in [0.29, 0.717) is 6.54 Å². The summed E-state index contributed by atoms with van der Waals surface area (Å²) in [6.45, 7) is 10.2. The maximum absolute atomic E-state index is 12.8. The number of halogens is 4. The molecule has 0 heterocycles. The third-order valence-corrected chi connectivity index (χ3v) is 3.87. The molecule has 0 fully saturated rings. The second-order valence-corrected chi connectivity index (χ2v) is 5.87. The molecule has 128 valence electrons. The summed E-state index contributed by atoms with van der Waals surface area (Å²) in [5, 5.41) is 0. The number of hydrogen-bond donors (Lipinski definition) is 0. The molecule has 0 aliphatic rings. The average molecular weight is 338 g/mol. The minimum absolute atomic E-state index is 0. The van der Waals surface area contributed by atoms with Gasteiger partial charge < -0.3 is 16.9 Å². The highest BCUT2D eigenvalue weighted by Crippen LogP contribution is 2.30. The highest BCUT2D eigenvalue weighted by Gasteiger charge is 2.31. The maximum Gasteiger partial charge on any atom is 0.416 e. The van der Waals surface area contributed by atoms with Crippen LogP contribution in [0.15, 0.2) is 24.3 Å². The number of benzene rings is 1. The van der Waals surface area contributed by atoms with Gasteiger partial charge in [-0.05, 0) is 31.4 Å². The van der Waals surface area contributed by atoms with Crippen LogP contribution >= 0.6 is 0 Å². The Hall–Kier alpha value is -0.740. The Morgan fingerprint density at radius 3 is 1.82 bits per heavy atom. The van der Waals surface area contributed by atoms with Crippen LogP contribution in [0.25, 0.3) is 0 Å². The first-order valence-corrected chi connectivity index (χ1v) is 7.88. The zero-order chi connectivity index (χ0) is 15.9. The van der Waals surface area contributed by atoms with E-state index in [1.165, 1.54) is 12.1 Å². The third-order valence-electron chi connectivity index (χ3n) is 3.87. The van der Waals surface area contributed by atoms with Crippen molar-refractivity contribution in [1.29, 1.82) is 0 Å². The Bertz CT molecular complexity index is 415. The van der Waals surface area contributed by atoms with Crippen LogP contribution in [0, 0.1) is 0 Å². The lowest BCUT2D eigenvalue weighted by atomic mass is 10.1. The molecule has 5 heteroatoms. The van der Waals surface area contributed by atoms with Gasteiger partial charge in [0.2, 0.25) is 0 Å². The quantitative estimate of drug-likeness (QED) is 0.638. The molecule has 0 amide bonds. The van der Waals surface area contributed by atoms with E-state index < -0.39 is 11.7 Å². The molecule has 0 atom stereocenters. The summed E-state index contributed by atoms with van der Waals surface area (Å²) in [5.41, 5.74) is 0.253. The van der Waals surface area contributed by atoms with E-state index in [2.05, 4.69) is 20.8 Å². The molecule has 0 aliphatic heterocycles. The number of alkyl halides is 3. The minimum Gasteiger partial charge on any atom is -1.00 e. The number of hydrogen-bond acceptors (Lipinski definition) is 0. The highest BCUT2D eigenvalue weighted by atomic mass is 35.5. The highest BCUT2D eigenvalue weighted by molar-refractivity contribution is 5.25. The van der Waals surface area contributed by atoms with E-state index in [9.17, 15) is 13.2 Å². The van der Waals surface area contributed by atoms with Gasteiger partial charge in [-0.25, -0.2) is 0 Å². The lowest BCUT2D eigenvalue weighted by Gasteiger charge is -2.38. The van der Waals surface area contributed by atoms with E-state index in [-0.39, 0.29) is 12.4 Å². The largest absolute Gasteiger partial charge is 1.00 e. The Morgan fingerprint density at radius 2 is 1.41 bits per heavy atom. The van der Waals surface area contributed by atoms with Crippen LogP contribution in [0.4, 0.5) is 13.2 Å². The van der Waals surface area contributed by atoms with Crippen molar-refractivity contribution in [3.05, 3.63) is 35.4 Å². The molecule has 1 aromatic rings. The smallest absolute Gasteiger partial charge is 0.416 e. The predicted octanol–water partition coefficient (Wildman–Crippen LogP) is 2.26. The fraction of sp³-hybridized carbons (Fsp3) is 0.647. The standard InChI is InChI=1S/C17H27F3N.ClH/c1-4-10-21(11-5-2,12-6-3)14-15-8-7-9-16(13-15)17(18,19)20;/h7-9,13H,4-6,10-12,14H2,1-3H3;1H/q+1;/p-1. The Balaban J connectivity index is 0.00000441. The molecule has 0 radical (unpaired) electrons. The van der Waals surface area contributed by atoms with Crippen molar-refractivity contribution in [3.63, 3.8) is 0 Å². The van der Waals surface area contributed by atoms with Crippen LogP contribution in [0.3, 0.4) is 0 Å². The zero-order valence-electron chi connectivity index (χ0n) is 13.7. The SMILES string of the molecule is CCC[N+](CCC)(CCC)Cc1cccc(C(F)(F)F)c1.[Cl-]. The molecule has 0 saturated heterocycles. The van der Waals surface area contributed by atoms with Gasteiger partial charge in [0.05, 0.1) is 25.2 Å². The fourth-order valence-corrected chi connectivity index (χ4v) is 3.23. The van der Waals surface area contributed by atoms with Gasteiger partial charge in [-0.15, -0.1) is 0 Å². The van der Waals surface area contributed by atoms with E-state index in [0.717, 1.165) is 55.0 Å². The number of nitrogens with zero attached hydrogens (tertiary/aromatic N) is 1. The summed E-state index contributed by atoms with van der Waals surface area (Å²) >= 11 is 0. The van der Waals surface area contributed by atoms with Crippen LogP contribution in [0.5, 0.6) is 0 Å². The lowest BCUT2D eigenvalue weighted by molar-refractivity contribution is -0.941. The monoisotopic (exact) mass is 337 g/mol. The molecular formula is C17H27ClF3N. The lowest BCUT2D eigenvalue weighted by Crippen LogP contribution is -3.00. The second kappa shape index (κ2) is 9.41. The van der Waals surface area contributed by atoms with E-state index in [4.69, 9.17) is 0 Å². The van der Waals surface area contributed by atoms with Crippen molar-refractivity contribution in [2.24, 2.45) is 0 Å². The van der Waals surface area contributed by atoms with Gasteiger partial charge in [0.15, 0.2) is 0 Å². The summed E-state index contributed by atoms with van der Waals surface area (Å²) in [7, 11) is 0. The first kappa shape index (κ1) is 21.3. The normalized spacial score (nSPS) is 12.1. The summed E-state index contributed by atoms with van der Waals surface area (Å²) in [5.74, 6) is 0. The van der Waals surface area contributed by atoms with Crippen LogP contribution in [0.2, 0.25) is 0 Å². The van der Waals surface area contributed by atoms with Gasteiger partial charge in [0.1, 0.15) is 6.54 Å². The minimum atomic E-state index is -4.26. The molecule has 1 rings (SSSR count). The van der Waals surface area contributed by atoms with E-state index in [1.54, 1.807) is 0 Å². The molecule has 0 aliphatic carbocycles. The molecular weight excluding hydrogens is 311 g/mol. The van der Waals surface area contributed by atoms with Crippen molar-refractivity contribution in [1.82, 2.24) is 0 Å². The fourth-order valence-electron chi connectivity index (χ4n) is 3.23. The summed E-state index contributed by atoms with van der Waals surface area (Å²) in [6, 6.07) is 5.81.